The predicted molar refractivity (Wildman–Crippen MR) is 154 cm³/mol. The van der Waals surface area contributed by atoms with Crippen molar-refractivity contribution < 1.29 is 29.0 Å². The second kappa shape index (κ2) is 11.1. The van der Waals surface area contributed by atoms with E-state index in [2.05, 4.69) is 43.2 Å². The van der Waals surface area contributed by atoms with E-state index >= 15 is 0 Å². The van der Waals surface area contributed by atoms with Gasteiger partial charge in [-0.25, -0.2) is 9.78 Å². The Balaban J connectivity index is 1.45. The first-order chi connectivity index (χ1) is 19.5. The Bertz CT molecular complexity index is 1590. The molecule has 0 spiro atoms. The first-order valence-electron chi connectivity index (χ1n) is 13.0. The number of ketones is 1. The van der Waals surface area contributed by atoms with E-state index in [0.717, 1.165) is 5.56 Å². The van der Waals surface area contributed by atoms with Crippen LogP contribution in [0.15, 0.2) is 47.6 Å². The van der Waals surface area contributed by atoms with Gasteiger partial charge in [-0.15, -0.1) is 6.58 Å². The second-order valence-corrected chi connectivity index (χ2v) is 11.2. The fourth-order valence-corrected chi connectivity index (χ4v) is 5.87. The average Bonchev–Trinajstić information content (AvgIpc) is 3.33. The van der Waals surface area contributed by atoms with Crippen LogP contribution in [0.5, 0.6) is 0 Å². The minimum Gasteiger partial charge on any atom is -0.465 e. The molecule has 1 saturated heterocycles. The van der Waals surface area contributed by atoms with Gasteiger partial charge in [-0.3, -0.25) is 24.4 Å². The van der Waals surface area contributed by atoms with Crippen molar-refractivity contribution in [2.45, 2.75) is 45.3 Å². The van der Waals surface area contributed by atoms with Crippen molar-refractivity contribution in [2.24, 2.45) is 5.41 Å². The normalized spacial score (nSPS) is 20.9. The number of piperidine rings is 1. The zero-order chi connectivity index (χ0) is 29.5. The predicted octanol–water partition coefficient (Wildman–Crippen LogP) is 4.00. The molecular weight excluding hydrogens is 596 g/mol. The number of fused-ring (bicyclic) bond motifs is 2. The van der Waals surface area contributed by atoms with Crippen LogP contribution in [-0.2, 0) is 20.9 Å². The number of rotatable bonds is 10. The Labute approximate surface area is 243 Å². The lowest BCUT2D eigenvalue weighted by molar-refractivity contribution is -0.138. The van der Waals surface area contributed by atoms with Gasteiger partial charge in [0.05, 0.1) is 18.7 Å². The average molecular weight is 625 g/mol. The maximum absolute atomic E-state index is 13.9. The molecular formula is C28H29BrN6O6. The number of aryl methyl sites for hydroxylation is 1. The molecule has 0 unspecified atom stereocenters. The number of hydrogen-bond acceptors (Lipinski definition) is 7. The number of ether oxygens (including phenoxy) is 1. The largest absolute Gasteiger partial charge is 0.465 e. The molecule has 214 valence electrons. The number of anilines is 2. The number of benzene rings is 1. The second-order valence-electron chi connectivity index (χ2n) is 10.4. The van der Waals surface area contributed by atoms with Crippen LogP contribution in [0.25, 0.3) is 10.9 Å². The minimum absolute atomic E-state index is 0.167. The van der Waals surface area contributed by atoms with E-state index in [4.69, 9.17) is 9.84 Å². The lowest BCUT2D eigenvalue weighted by atomic mass is 10.00. The Hall–Kier alpha value is -4.10. The molecule has 1 aliphatic heterocycles. The zero-order valence-electron chi connectivity index (χ0n) is 22.5. The smallest absolute Gasteiger partial charge is 0.409 e. The number of carbonyl (C=O) groups excluding carboxylic acids is 3. The molecule has 3 amide bonds. The Kier molecular flexibility index (Phi) is 7.66. The highest BCUT2D eigenvalue weighted by Crippen LogP contribution is 2.60. The van der Waals surface area contributed by atoms with E-state index < -0.39 is 12.1 Å². The molecule has 3 aromatic rings. The Morgan fingerprint density at radius 2 is 2.00 bits per heavy atom. The van der Waals surface area contributed by atoms with Crippen LogP contribution in [0.1, 0.15) is 35.8 Å². The number of halogens is 1. The minimum atomic E-state index is -1.25. The van der Waals surface area contributed by atoms with Gasteiger partial charge in [0.1, 0.15) is 28.7 Å². The Morgan fingerprint density at radius 3 is 2.71 bits per heavy atom. The summed E-state index contributed by atoms with van der Waals surface area (Å²) >= 11 is 3.33. The van der Waals surface area contributed by atoms with Gasteiger partial charge >= 0.3 is 6.09 Å². The highest BCUT2D eigenvalue weighted by atomic mass is 79.9. The fraction of sp³-hybridized carbons (Fsp3) is 0.357. The molecule has 3 heterocycles. The Morgan fingerprint density at radius 1 is 1.22 bits per heavy atom. The summed E-state index contributed by atoms with van der Waals surface area (Å²) in [4.78, 5) is 56.9. The van der Waals surface area contributed by atoms with Crippen molar-refractivity contribution in [2.75, 3.05) is 23.8 Å². The van der Waals surface area contributed by atoms with Crippen LogP contribution in [0.3, 0.4) is 0 Å². The first kappa shape index (κ1) is 28.4. The summed E-state index contributed by atoms with van der Waals surface area (Å²) in [7, 11) is 0. The van der Waals surface area contributed by atoms with Crippen molar-refractivity contribution in [3.05, 3.63) is 58.8 Å². The van der Waals surface area contributed by atoms with E-state index in [1.54, 1.807) is 23.1 Å². The van der Waals surface area contributed by atoms with Gasteiger partial charge in [0.15, 0.2) is 5.78 Å². The fourth-order valence-electron chi connectivity index (χ4n) is 5.56. The SMILES string of the molecule is C=CCOC[C@@]12C[C@@H](C(=O)Nc3nc(Br)ccc3C)N(C(=O)Cn3nc(C(C)=O)c4ccc(NC(=O)O)cc43)[C@@H]1C2. The third-order valence-corrected chi connectivity index (χ3v) is 8.00. The summed E-state index contributed by atoms with van der Waals surface area (Å²) < 4.78 is 7.70. The monoisotopic (exact) mass is 624 g/mol. The van der Waals surface area contributed by atoms with Crippen LogP contribution in [0, 0.1) is 12.3 Å². The molecule has 0 bridgehead atoms. The zero-order valence-corrected chi connectivity index (χ0v) is 24.1. The molecule has 41 heavy (non-hydrogen) atoms. The molecule has 1 aliphatic carbocycles. The molecule has 1 saturated carbocycles. The van der Waals surface area contributed by atoms with E-state index in [0.29, 0.717) is 47.4 Å². The number of carboxylic acid groups (broad SMARTS) is 1. The van der Waals surface area contributed by atoms with Gasteiger partial charge in [-0.05, 0) is 65.5 Å². The van der Waals surface area contributed by atoms with Crippen LogP contribution in [0.2, 0.25) is 0 Å². The topological polar surface area (TPSA) is 156 Å². The van der Waals surface area contributed by atoms with Gasteiger partial charge in [0, 0.05) is 29.5 Å². The van der Waals surface area contributed by atoms with Crippen molar-refractivity contribution in [3.63, 3.8) is 0 Å². The van der Waals surface area contributed by atoms with E-state index in [1.807, 2.05) is 13.0 Å². The number of carbonyl (C=O) groups is 4. The van der Waals surface area contributed by atoms with E-state index in [-0.39, 0.29) is 47.0 Å². The summed E-state index contributed by atoms with van der Waals surface area (Å²) in [6.07, 6.45) is 1.52. The summed E-state index contributed by atoms with van der Waals surface area (Å²) in [5, 5.41) is 19.2. The summed E-state index contributed by atoms with van der Waals surface area (Å²) in [6.45, 7) is 7.38. The number of hydrogen-bond donors (Lipinski definition) is 3. The molecule has 0 radical (unpaired) electrons. The van der Waals surface area contributed by atoms with Crippen LogP contribution < -0.4 is 10.6 Å². The van der Waals surface area contributed by atoms with Gasteiger partial charge in [0.25, 0.3) is 0 Å². The van der Waals surface area contributed by atoms with Gasteiger partial charge in [-0.1, -0.05) is 12.1 Å². The van der Waals surface area contributed by atoms with Gasteiger partial charge in [0.2, 0.25) is 11.8 Å². The lowest BCUT2D eigenvalue weighted by Crippen LogP contribution is -2.47. The summed E-state index contributed by atoms with van der Waals surface area (Å²) in [5.74, 6) is -0.605. The first-order valence-corrected chi connectivity index (χ1v) is 13.8. The highest BCUT2D eigenvalue weighted by molar-refractivity contribution is 9.10. The van der Waals surface area contributed by atoms with Crippen molar-refractivity contribution >= 4 is 62.0 Å². The standard InChI is InChI=1S/C28H29BrN6O6/c1-4-9-41-14-28-11-20(26(38)32-25-15(2)5-8-22(29)31-25)35(21(28)12-28)23(37)13-34-19-10-17(30-27(39)40)6-7-18(19)24(33-34)16(3)36/h4-8,10,20-21,30H,1,9,11-14H2,2-3H3,(H,39,40)(H,31,32,38)/t20-,21+,28-/m0/s1. The summed E-state index contributed by atoms with van der Waals surface area (Å²) in [6, 6.07) is 7.27. The molecule has 2 aliphatic rings. The molecule has 2 aromatic heterocycles. The number of aromatic nitrogens is 3. The highest BCUT2D eigenvalue weighted by Gasteiger charge is 2.67. The number of pyridine rings is 1. The van der Waals surface area contributed by atoms with Gasteiger partial charge in [-0.2, -0.15) is 5.10 Å². The number of Topliss-reactive ketones (excluding diaryl/α,β-unsaturated/α-hetero) is 1. The molecule has 3 atom stereocenters. The van der Waals surface area contributed by atoms with Crippen LogP contribution in [0.4, 0.5) is 16.3 Å². The third-order valence-electron chi connectivity index (χ3n) is 7.56. The third kappa shape index (κ3) is 5.59. The van der Waals surface area contributed by atoms with Crippen LogP contribution >= 0.6 is 15.9 Å². The number of nitrogens with zero attached hydrogens (tertiary/aromatic N) is 4. The van der Waals surface area contributed by atoms with Crippen LogP contribution in [-0.4, -0.2) is 73.8 Å². The quantitative estimate of drug-likeness (QED) is 0.132. The molecule has 5 rings (SSSR count). The molecule has 2 fully saturated rings. The lowest BCUT2D eigenvalue weighted by Gasteiger charge is -2.27. The maximum Gasteiger partial charge on any atom is 0.409 e. The van der Waals surface area contributed by atoms with E-state index in [1.165, 1.54) is 23.7 Å². The molecule has 12 nitrogen and oxygen atoms in total. The number of nitrogens with one attached hydrogen (secondary N) is 2. The van der Waals surface area contributed by atoms with Crippen molar-refractivity contribution in [3.8, 4) is 0 Å². The van der Waals surface area contributed by atoms with Crippen molar-refractivity contribution in [1.82, 2.24) is 19.7 Å². The summed E-state index contributed by atoms with van der Waals surface area (Å²) in [5.41, 5.74) is 1.28. The van der Waals surface area contributed by atoms with Crippen molar-refractivity contribution in [1.29, 1.82) is 0 Å². The molecule has 13 heteroatoms. The molecule has 3 N–H and O–H groups in total. The number of amides is 3. The number of likely N-dealkylation sites (tertiary alicyclic amines) is 1. The maximum atomic E-state index is 13.9. The van der Waals surface area contributed by atoms with Gasteiger partial charge < -0.3 is 20.1 Å². The molecule has 1 aromatic carbocycles. The van der Waals surface area contributed by atoms with E-state index in [9.17, 15) is 19.2 Å².